The van der Waals surface area contributed by atoms with Crippen molar-refractivity contribution in [3.05, 3.63) is 71.8 Å². The molecule has 4 rings (SSSR count). The van der Waals surface area contributed by atoms with Gasteiger partial charge in [-0.1, -0.05) is 74.5 Å². The van der Waals surface area contributed by atoms with Crippen molar-refractivity contribution in [1.29, 1.82) is 0 Å². The number of nitrogens with zero attached hydrogens (tertiary/aromatic N) is 2. The topological polar surface area (TPSA) is 49.9 Å². The maximum atomic E-state index is 13.2. The molecule has 0 aliphatic carbocycles. The number of rotatable bonds is 8. The lowest BCUT2D eigenvalue weighted by Crippen LogP contribution is -2.44. The monoisotopic (exact) mass is 514 g/mol. The van der Waals surface area contributed by atoms with Gasteiger partial charge in [0.05, 0.1) is 25.3 Å². The number of carbonyl (C=O) groups is 2. The van der Waals surface area contributed by atoms with Gasteiger partial charge >= 0.3 is 0 Å². The van der Waals surface area contributed by atoms with E-state index in [-0.39, 0.29) is 43.0 Å². The van der Waals surface area contributed by atoms with Crippen LogP contribution >= 0.6 is 0 Å². The van der Waals surface area contributed by atoms with Crippen LogP contribution in [-0.2, 0) is 14.3 Å². The Morgan fingerprint density at radius 2 is 1.41 bits per heavy atom. The molecule has 5 nitrogen and oxygen atoms in total. The van der Waals surface area contributed by atoms with Crippen LogP contribution in [0.5, 0.6) is 0 Å². The Morgan fingerprint density at radius 1 is 0.892 bits per heavy atom. The van der Waals surface area contributed by atoms with Crippen LogP contribution in [0.2, 0.25) is 0 Å². The first kappa shape index (κ1) is 28.8. The van der Waals surface area contributed by atoms with E-state index in [4.69, 9.17) is 4.74 Å². The first-order chi connectivity index (χ1) is 17.6. The molecule has 0 unspecified atom stereocenters. The summed E-state index contributed by atoms with van der Waals surface area (Å²) in [5.41, 5.74) is 0.980. The Balaban J connectivity index is 0.000000208. The Kier molecular flexibility index (Phi) is 9.46. The fraction of sp³-hybridized carbons (Fsp3) is 0.533. The number of amides is 1. The van der Waals surface area contributed by atoms with Crippen molar-refractivity contribution >= 4 is 12.4 Å². The van der Waals surface area contributed by atoms with Gasteiger partial charge < -0.3 is 9.64 Å². The second-order valence-corrected chi connectivity index (χ2v) is 11.1. The molecule has 0 aromatic heterocycles. The molecule has 0 spiro atoms. The number of hydrogen-bond donors (Lipinski definition) is 0. The number of carbonyl (C=O) groups excluding carboxylic acids is 2. The second-order valence-electron chi connectivity index (χ2n) is 11.1. The Hall–Kier alpha value is -2.80. The van der Waals surface area contributed by atoms with E-state index in [1.54, 1.807) is 4.90 Å². The molecular weight excluding hydrogens is 474 g/mol. The average molecular weight is 515 g/mol. The summed E-state index contributed by atoms with van der Waals surface area (Å²) in [5.74, 6) is -0.802. The number of likely N-dealkylation sites (tertiary alicyclic amines) is 2. The van der Waals surface area contributed by atoms with Gasteiger partial charge in [-0.15, -0.1) is 0 Å². The third-order valence-electron chi connectivity index (χ3n) is 8.30. The molecular formula is C30H40F2N2O3. The van der Waals surface area contributed by atoms with Gasteiger partial charge in [-0.2, -0.15) is 0 Å². The molecule has 2 aromatic carbocycles. The zero-order valence-corrected chi connectivity index (χ0v) is 22.6. The van der Waals surface area contributed by atoms with Crippen molar-refractivity contribution < 1.29 is 23.1 Å². The SMILES string of the molecule is C[C@H](c1ccccc1)N1C[C@H](CF)C(C)(C)C1.C[C@H](c1ccccc1)N1C[C@H](CF)[C@](C)(OC=O)C1=O. The predicted octanol–water partition coefficient (Wildman–Crippen LogP) is 5.78. The minimum atomic E-state index is -1.40. The summed E-state index contributed by atoms with van der Waals surface area (Å²) in [6.45, 7) is 11.3. The summed E-state index contributed by atoms with van der Waals surface area (Å²) in [7, 11) is 0. The van der Waals surface area contributed by atoms with Crippen molar-refractivity contribution in [3.63, 3.8) is 0 Å². The van der Waals surface area contributed by atoms with Gasteiger partial charge in [0.15, 0.2) is 5.60 Å². The summed E-state index contributed by atoms with van der Waals surface area (Å²) >= 11 is 0. The summed E-state index contributed by atoms with van der Waals surface area (Å²) in [5, 5.41) is 0. The zero-order chi connectivity index (χ0) is 27.2. The Bertz CT molecular complexity index is 1020. The van der Waals surface area contributed by atoms with Gasteiger partial charge in [0.2, 0.25) is 0 Å². The molecule has 1 amide bonds. The predicted molar refractivity (Wildman–Crippen MR) is 141 cm³/mol. The molecule has 37 heavy (non-hydrogen) atoms. The van der Waals surface area contributed by atoms with E-state index in [9.17, 15) is 18.4 Å². The standard InChI is InChI=1S/C15H18FNO3.C15H22FN/c1-11(12-6-4-3-5-7-12)17-9-13(8-16)15(2,14(17)19)20-10-18;1-12(13-7-5-4-6-8-13)17-10-14(9-16)15(2,3)11-17/h3-7,10-11,13H,8-9H2,1-2H3;4-8,12,14H,9-11H2,1-3H3/t11-,13+,15+;12-,14+/m11/s1. The Morgan fingerprint density at radius 3 is 1.86 bits per heavy atom. The molecule has 2 aliphatic heterocycles. The molecule has 2 aliphatic rings. The lowest BCUT2D eigenvalue weighted by Gasteiger charge is -2.27. The number of ether oxygens (including phenoxy) is 1. The van der Waals surface area contributed by atoms with E-state index in [1.807, 2.05) is 43.3 Å². The normalized spacial score (nSPS) is 26.8. The van der Waals surface area contributed by atoms with E-state index in [0.717, 1.165) is 18.7 Å². The van der Waals surface area contributed by atoms with Crippen molar-refractivity contribution in [1.82, 2.24) is 9.80 Å². The number of halogens is 2. The number of benzene rings is 2. The summed E-state index contributed by atoms with van der Waals surface area (Å²) < 4.78 is 31.1. The van der Waals surface area contributed by atoms with Gasteiger partial charge in [0.1, 0.15) is 0 Å². The molecule has 5 atom stereocenters. The largest absolute Gasteiger partial charge is 0.451 e. The van der Waals surface area contributed by atoms with E-state index in [0.29, 0.717) is 6.04 Å². The highest BCUT2D eigenvalue weighted by Gasteiger charge is 2.54. The van der Waals surface area contributed by atoms with Gasteiger partial charge in [-0.25, -0.2) is 0 Å². The van der Waals surface area contributed by atoms with Gasteiger partial charge in [-0.05, 0) is 37.3 Å². The Labute approximate surface area is 219 Å². The van der Waals surface area contributed by atoms with Gasteiger partial charge in [-0.3, -0.25) is 23.3 Å². The first-order valence-corrected chi connectivity index (χ1v) is 13.0. The van der Waals surface area contributed by atoms with Crippen molar-refractivity contribution in [3.8, 4) is 0 Å². The highest BCUT2D eigenvalue weighted by atomic mass is 19.1. The third-order valence-corrected chi connectivity index (χ3v) is 8.30. The molecule has 2 aromatic rings. The minimum Gasteiger partial charge on any atom is -0.451 e. The molecule has 0 saturated carbocycles. The third kappa shape index (κ3) is 6.20. The highest BCUT2D eigenvalue weighted by Crippen LogP contribution is 2.39. The molecule has 202 valence electrons. The summed E-state index contributed by atoms with van der Waals surface area (Å²) in [6, 6.07) is 20.2. The van der Waals surface area contributed by atoms with Crippen LogP contribution < -0.4 is 0 Å². The van der Waals surface area contributed by atoms with E-state index >= 15 is 0 Å². The molecule has 2 fully saturated rings. The molecule has 0 N–H and O–H groups in total. The molecule has 2 heterocycles. The van der Waals surface area contributed by atoms with Crippen molar-refractivity contribution in [2.45, 2.75) is 52.3 Å². The smallest absolute Gasteiger partial charge is 0.294 e. The van der Waals surface area contributed by atoms with E-state index in [2.05, 4.69) is 49.9 Å². The first-order valence-electron chi connectivity index (χ1n) is 13.0. The van der Waals surface area contributed by atoms with Crippen molar-refractivity contribution in [2.75, 3.05) is 33.0 Å². The van der Waals surface area contributed by atoms with Crippen LogP contribution in [0.15, 0.2) is 60.7 Å². The maximum absolute atomic E-state index is 13.2. The summed E-state index contributed by atoms with van der Waals surface area (Å²) in [4.78, 5) is 27.1. The fourth-order valence-corrected chi connectivity index (χ4v) is 5.38. The molecule has 0 bridgehead atoms. The lowest BCUT2D eigenvalue weighted by atomic mass is 9.83. The molecule has 0 radical (unpaired) electrons. The molecule has 7 heteroatoms. The van der Waals surface area contributed by atoms with Crippen LogP contribution in [-0.4, -0.2) is 60.8 Å². The maximum Gasteiger partial charge on any atom is 0.294 e. The second kappa shape index (κ2) is 12.2. The van der Waals surface area contributed by atoms with E-state index < -0.39 is 18.2 Å². The lowest BCUT2D eigenvalue weighted by molar-refractivity contribution is -0.160. The van der Waals surface area contributed by atoms with Gasteiger partial charge in [0.25, 0.3) is 12.4 Å². The van der Waals surface area contributed by atoms with Crippen molar-refractivity contribution in [2.24, 2.45) is 17.3 Å². The minimum absolute atomic E-state index is 0.0950. The average Bonchev–Trinajstić information content (AvgIpc) is 3.36. The number of hydrogen-bond acceptors (Lipinski definition) is 4. The van der Waals surface area contributed by atoms with Gasteiger partial charge in [0, 0.05) is 31.6 Å². The molecule has 2 saturated heterocycles. The van der Waals surface area contributed by atoms with Crippen LogP contribution in [0.25, 0.3) is 0 Å². The van der Waals surface area contributed by atoms with Crippen LogP contribution in [0, 0.1) is 17.3 Å². The van der Waals surface area contributed by atoms with E-state index in [1.165, 1.54) is 12.5 Å². The van der Waals surface area contributed by atoms with Crippen LogP contribution in [0.3, 0.4) is 0 Å². The van der Waals surface area contributed by atoms with Crippen LogP contribution in [0.1, 0.15) is 57.8 Å². The quantitative estimate of drug-likeness (QED) is 0.419. The number of alkyl halides is 2. The zero-order valence-electron chi connectivity index (χ0n) is 22.6. The highest BCUT2D eigenvalue weighted by molar-refractivity contribution is 5.89. The fourth-order valence-electron chi connectivity index (χ4n) is 5.38. The van der Waals surface area contributed by atoms with Crippen LogP contribution in [0.4, 0.5) is 8.78 Å². The summed E-state index contributed by atoms with van der Waals surface area (Å²) in [6.07, 6.45) is 0.